The summed E-state index contributed by atoms with van der Waals surface area (Å²) < 4.78 is 2.41. The maximum atomic E-state index is 6.12. The third kappa shape index (κ3) is 4.34. The molecule has 0 bridgehead atoms. The standard InChI is InChI=1S/C19H30N2/c1-3-5-6-7-8-13-21-14-12-18-16(15-17(20)4-2)10-9-11-19(18)21/h9-12,14,17H,3-8,13,15,20H2,1-2H3. The fraction of sp³-hybridized carbons (Fsp3) is 0.579. The highest BCUT2D eigenvalue weighted by molar-refractivity contribution is 5.83. The number of fused-ring (bicyclic) bond motifs is 1. The van der Waals surface area contributed by atoms with E-state index in [1.807, 2.05) is 0 Å². The van der Waals surface area contributed by atoms with Gasteiger partial charge in [-0.05, 0) is 37.0 Å². The Balaban J connectivity index is 2.04. The third-order valence-electron chi connectivity index (χ3n) is 4.41. The van der Waals surface area contributed by atoms with Crippen molar-refractivity contribution in [2.75, 3.05) is 0 Å². The van der Waals surface area contributed by atoms with Crippen LogP contribution in [-0.2, 0) is 13.0 Å². The Kier molecular flexibility index (Phi) is 6.31. The van der Waals surface area contributed by atoms with Gasteiger partial charge < -0.3 is 10.3 Å². The average Bonchev–Trinajstić information content (AvgIpc) is 2.91. The minimum atomic E-state index is 0.271. The molecular formula is C19H30N2. The van der Waals surface area contributed by atoms with Crippen molar-refractivity contribution < 1.29 is 0 Å². The van der Waals surface area contributed by atoms with Gasteiger partial charge in [0.25, 0.3) is 0 Å². The van der Waals surface area contributed by atoms with Gasteiger partial charge in [0.05, 0.1) is 0 Å². The van der Waals surface area contributed by atoms with E-state index in [9.17, 15) is 0 Å². The number of hydrogen-bond acceptors (Lipinski definition) is 1. The molecule has 1 aromatic carbocycles. The van der Waals surface area contributed by atoms with E-state index >= 15 is 0 Å². The smallest absolute Gasteiger partial charge is 0.0483 e. The van der Waals surface area contributed by atoms with Crippen molar-refractivity contribution in [1.29, 1.82) is 0 Å². The molecule has 1 atom stereocenters. The Labute approximate surface area is 129 Å². The molecule has 2 rings (SSSR count). The predicted molar refractivity (Wildman–Crippen MR) is 92.7 cm³/mol. The first-order valence-electron chi connectivity index (χ1n) is 8.58. The van der Waals surface area contributed by atoms with E-state index in [4.69, 9.17) is 5.73 Å². The van der Waals surface area contributed by atoms with E-state index in [1.54, 1.807) is 0 Å². The summed E-state index contributed by atoms with van der Waals surface area (Å²) in [5.74, 6) is 0. The van der Waals surface area contributed by atoms with Crippen molar-refractivity contribution >= 4 is 10.9 Å². The Morgan fingerprint density at radius 3 is 2.62 bits per heavy atom. The molecule has 0 aliphatic carbocycles. The number of hydrogen-bond donors (Lipinski definition) is 1. The molecular weight excluding hydrogens is 256 g/mol. The van der Waals surface area contributed by atoms with E-state index in [0.717, 1.165) is 19.4 Å². The highest BCUT2D eigenvalue weighted by Gasteiger charge is 2.08. The SMILES string of the molecule is CCCCCCCn1ccc2c(CC(N)CC)cccc21. The average molecular weight is 286 g/mol. The van der Waals surface area contributed by atoms with Crippen LogP contribution in [0.15, 0.2) is 30.5 Å². The van der Waals surface area contributed by atoms with Gasteiger partial charge in [-0.1, -0.05) is 51.7 Å². The second-order valence-electron chi connectivity index (χ2n) is 6.15. The lowest BCUT2D eigenvalue weighted by Crippen LogP contribution is -2.21. The summed E-state index contributed by atoms with van der Waals surface area (Å²) in [4.78, 5) is 0. The van der Waals surface area contributed by atoms with Gasteiger partial charge in [-0.2, -0.15) is 0 Å². The monoisotopic (exact) mass is 286 g/mol. The Morgan fingerprint density at radius 2 is 1.86 bits per heavy atom. The second kappa shape index (κ2) is 8.23. The maximum Gasteiger partial charge on any atom is 0.0483 e. The molecule has 2 N–H and O–H groups in total. The Hall–Kier alpha value is -1.28. The third-order valence-corrected chi connectivity index (χ3v) is 4.41. The van der Waals surface area contributed by atoms with Crippen molar-refractivity contribution in [1.82, 2.24) is 4.57 Å². The summed E-state index contributed by atoms with van der Waals surface area (Å²) in [6.07, 6.45) is 10.9. The molecule has 116 valence electrons. The van der Waals surface area contributed by atoms with Crippen LogP contribution in [0.4, 0.5) is 0 Å². The van der Waals surface area contributed by atoms with Gasteiger partial charge in [-0.3, -0.25) is 0 Å². The lowest BCUT2D eigenvalue weighted by molar-refractivity contribution is 0.577. The molecule has 2 heteroatoms. The van der Waals surface area contributed by atoms with Crippen molar-refractivity contribution in [3.8, 4) is 0 Å². The number of rotatable bonds is 9. The minimum absolute atomic E-state index is 0.271. The van der Waals surface area contributed by atoms with Gasteiger partial charge in [-0.15, -0.1) is 0 Å². The zero-order valence-corrected chi connectivity index (χ0v) is 13.6. The fourth-order valence-corrected chi connectivity index (χ4v) is 2.97. The summed E-state index contributed by atoms with van der Waals surface area (Å²) in [5.41, 5.74) is 8.88. The zero-order valence-electron chi connectivity index (χ0n) is 13.6. The van der Waals surface area contributed by atoms with Crippen molar-refractivity contribution in [2.45, 2.75) is 71.4 Å². The molecule has 0 spiro atoms. The molecule has 21 heavy (non-hydrogen) atoms. The molecule has 2 aromatic rings. The molecule has 1 unspecified atom stereocenters. The minimum Gasteiger partial charge on any atom is -0.347 e. The number of aryl methyl sites for hydroxylation is 1. The number of nitrogens with zero attached hydrogens (tertiary/aromatic N) is 1. The van der Waals surface area contributed by atoms with Gasteiger partial charge in [0.1, 0.15) is 0 Å². The number of nitrogens with two attached hydrogens (primary N) is 1. The molecule has 0 radical (unpaired) electrons. The molecule has 0 fully saturated rings. The molecule has 0 amide bonds. The lowest BCUT2D eigenvalue weighted by atomic mass is 10.0. The van der Waals surface area contributed by atoms with Crippen LogP contribution < -0.4 is 5.73 Å². The first kappa shape index (κ1) is 16.1. The van der Waals surface area contributed by atoms with Crippen LogP contribution in [0.5, 0.6) is 0 Å². The molecule has 0 aliphatic heterocycles. The second-order valence-corrected chi connectivity index (χ2v) is 6.15. The number of unbranched alkanes of at least 4 members (excludes halogenated alkanes) is 4. The molecule has 2 nitrogen and oxygen atoms in total. The maximum absolute atomic E-state index is 6.12. The van der Waals surface area contributed by atoms with E-state index < -0.39 is 0 Å². The highest BCUT2D eigenvalue weighted by Crippen LogP contribution is 2.22. The van der Waals surface area contributed by atoms with E-state index in [0.29, 0.717) is 0 Å². The highest BCUT2D eigenvalue weighted by atomic mass is 14.9. The van der Waals surface area contributed by atoms with E-state index in [1.165, 1.54) is 48.6 Å². The zero-order chi connectivity index (χ0) is 15.1. The summed E-state index contributed by atoms with van der Waals surface area (Å²) in [5, 5.41) is 1.38. The first-order valence-corrected chi connectivity index (χ1v) is 8.58. The first-order chi connectivity index (χ1) is 10.3. The molecule has 1 heterocycles. The van der Waals surface area contributed by atoms with Gasteiger partial charge in [0, 0.05) is 29.7 Å². The summed E-state index contributed by atoms with van der Waals surface area (Å²) in [6, 6.07) is 9.17. The normalized spacial score (nSPS) is 12.9. The Bertz CT molecular complexity index is 541. The van der Waals surface area contributed by atoms with Crippen molar-refractivity contribution in [2.24, 2.45) is 5.73 Å². The van der Waals surface area contributed by atoms with Gasteiger partial charge in [0.2, 0.25) is 0 Å². The molecule has 0 saturated carbocycles. The van der Waals surface area contributed by atoms with Crippen LogP contribution >= 0.6 is 0 Å². The van der Waals surface area contributed by atoms with Gasteiger partial charge in [0.15, 0.2) is 0 Å². The summed E-state index contributed by atoms with van der Waals surface area (Å²) in [6.45, 7) is 5.56. The van der Waals surface area contributed by atoms with Crippen LogP contribution in [0.1, 0.15) is 57.9 Å². The van der Waals surface area contributed by atoms with Crippen LogP contribution in [0.2, 0.25) is 0 Å². The molecule has 0 aliphatic rings. The van der Waals surface area contributed by atoms with Crippen molar-refractivity contribution in [3.63, 3.8) is 0 Å². The van der Waals surface area contributed by atoms with E-state index in [2.05, 4.69) is 48.9 Å². The van der Waals surface area contributed by atoms with Crippen LogP contribution in [0, 0.1) is 0 Å². The number of benzene rings is 1. The summed E-state index contributed by atoms with van der Waals surface area (Å²) >= 11 is 0. The number of aromatic nitrogens is 1. The van der Waals surface area contributed by atoms with Crippen LogP contribution in [0.25, 0.3) is 10.9 Å². The predicted octanol–water partition coefficient (Wildman–Crippen LogP) is 4.89. The van der Waals surface area contributed by atoms with Gasteiger partial charge in [-0.25, -0.2) is 0 Å². The van der Waals surface area contributed by atoms with Crippen molar-refractivity contribution in [3.05, 3.63) is 36.0 Å². The Morgan fingerprint density at radius 1 is 1.05 bits per heavy atom. The fourth-order valence-electron chi connectivity index (χ4n) is 2.97. The molecule has 0 saturated heterocycles. The molecule has 1 aromatic heterocycles. The topological polar surface area (TPSA) is 30.9 Å². The largest absolute Gasteiger partial charge is 0.347 e. The van der Waals surface area contributed by atoms with Crippen LogP contribution in [0.3, 0.4) is 0 Å². The quantitative estimate of drug-likeness (QED) is 0.654. The van der Waals surface area contributed by atoms with Gasteiger partial charge >= 0.3 is 0 Å². The lowest BCUT2D eigenvalue weighted by Gasteiger charge is -2.11. The van der Waals surface area contributed by atoms with E-state index in [-0.39, 0.29) is 6.04 Å². The van der Waals surface area contributed by atoms with Crippen LogP contribution in [-0.4, -0.2) is 10.6 Å². The summed E-state index contributed by atoms with van der Waals surface area (Å²) in [7, 11) is 0.